The number of amides is 1. The molecule has 0 heterocycles. The van der Waals surface area contributed by atoms with E-state index in [2.05, 4.69) is 10.6 Å². The minimum absolute atomic E-state index is 0.222. The van der Waals surface area contributed by atoms with Gasteiger partial charge in [0.05, 0.1) is 24.3 Å². The van der Waals surface area contributed by atoms with E-state index in [9.17, 15) is 4.79 Å². The minimum Gasteiger partial charge on any atom is -0.493 e. The number of benzene rings is 2. The lowest BCUT2D eigenvalue weighted by atomic mass is 10.2. The van der Waals surface area contributed by atoms with E-state index in [-0.39, 0.29) is 11.0 Å². The van der Waals surface area contributed by atoms with Gasteiger partial charge in [0.15, 0.2) is 16.6 Å². The van der Waals surface area contributed by atoms with Crippen LogP contribution in [0.3, 0.4) is 0 Å². The molecule has 2 rings (SSSR count). The Kier molecular flexibility index (Phi) is 7.69. The summed E-state index contributed by atoms with van der Waals surface area (Å²) in [6.45, 7) is 3.11. The lowest BCUT2D eigenvalue weighted by molar-refractivity contribution is 0.0977. The summed E-state index contributed by atoms with van der Waals surface area (Å²) in [4.78, 5) is 12.2. The molecule has 0 atom stereocenters. The highest BCUT2D eigenvalue weighted by atomic mass is 35.5. The number of halogens is 1. The van der Waals surface area contributed by atoms with Gasteiger partial charge < -0.3 is 14.8 Å². The Hall–Kier alpha value is -2.31. The number of rotatable bonds is 7. The average molecular weight is 393 g/mol. The highest BCUT2D eigenvalue weighted by Crippen LogP contribution is 2.28. The van der Waals surface area contributed by atoms with E-state index in [1.807, 2.05) is 25.1 Å². The SMILES string of the molecule is CCCOc1ccc(CNC(=S)NC(=O)c2ccccc2Cl)cc1OC. The maximum Gasteiger partial charge on any atom is 0.258 e. The molecule has 2 aromatic rings. The van der Waals surface area contributed by atoms with Crippen molar-refractivity contribution in [2.45, 2.75) is 19.9 Å². The van der Waals surface area contributed by atoms with Gasteiger partial charge in [0.1, 0.15) is 0 Å². The van der Waals surface area contributed by atoms with Crippen LogP contribution in [0.5, 0.6) is 11.5 Å². The zero-order valence-electron chi connectivity index (χ0n) is 14.7. The molecule has 2 N–H and O–H groups in total. The summed E-state index contributed by atoms with van der Waals surface area (Å²) in [6.07, 6.45) is 0.922. The Bertz CT molecular complexity index is 783. The number of thiocarbonyl (C=S) groups is 1. The number of hydrogen-bond acceptors (Lipinski definition) is 4. The summed E-state index contributed by atoms with van der Waals surface area (Å²) in [5.74, 6) is 1.01. The fraction of sp³-hybridized carbons (Fsp3) is 0.263. The molecule has 1 amide bonds. The van der Waals surface area contributed by atoms with E-state index in [0.29, 0.717) is 35.2 Å². The number of methoxy groups -OCH3 is 1. The summed E-state index contributed by atoms with van der Waals surface area (Å²) in [5, 5.41) is 6.21. The highest BCUT2D eigenvalue weighted by Gasteiger charge is 2.11. The van der Waals surface area contributed by atoms with Gasteiger partial charge >= 0.3 is 0 Å². The van der Waals surface area contributed by atoms with Crippen LogP contribution in [0.2, 0.25) is 5.02 Å². The molecule has 0 radical (unpaired) electrons. The minimum atomic E-state index is -0.353. The predicted molar refractivity (Wildman–Crippen MR) is 107 cm³/mol. The number of nitrogens with one attached hydrogen (secondary N) is 2. The Labute approximate surface area is 163 Å². The van der Waals surface area contributed by atoms with Crippen LogP contribution in [0.1, 0.15) is 29.3 Å². The van der Waals surface area contributed by atoms with Gasteiger partial charge in [0.2, 0.25) is 0 Å². The molecule has 0 saturated heterocycles. The Morgan fingerprint density at radius 3 is 2.65 bits per heavy atom. The van der Waals surface area contributed by atoms with Crippen LogP contribution in [0.4, 0.5) is 0 Å². The van der Waals surface area contributed by atoms with Gasteiger partial charge in [-0.25, -0.2) is 0 Å². The summed E-state index contributed by atoms with van der Waals surface area (Å²) >= 11 is 11.2. The van der Waals surface area contributed by atoms with Gasteiger partial charge in [0.25, 0.3) is 5.91 Å². The molecule has 0 bridgehead atoms. The van der Waals surface area contributed by atoms with Crippen molar-refractivity contribution in [2.75, 3.05) is 13.7 Å². The first kappa shape index (κ1) is 20.0. The van der Waals surface area contributed by atoms with Gasteiger partial charge in [-0.15, -0.1) is 0 Å². The van der Waals surface area contributed by atoms with Gasteiger partial charge in [-0.1, -0.05) is 36.7 Å². The second-order valence-electron chi connectivity index (χ2n) is 5.45. The molecule has 0 aromatic heterocycles. The van der Waals surface area contributed by atoms with Crippen molar-refractivity contribution >= 4 is 34.8 Å². The van der Waals surface area contributed by atoms with Crippen LogP contribution in [0.15, 0.2) is 42.5 Å². The van der Waals surface area contributed by atoms with Crippen LogP contribution in [0.25, 0.3) is 0 Å². The second kappa shape index (κ2) is 9.99. The van der Waals surface area contributed by atoms with Gasteiger partial charge in [-0.05, 0) is 48.5 Å². The van der Waals surface area contributed by atoms with E-state index >= 15 is 0 Å². The molecule has 2 aromatic carbocycles. The Morgan fingerprint density at radius 1 is 1.19 bits per heavy atom. The quantitative estimate of drug-likeness (QED) is 0.699. The van der Waals surface area contributed by atoms with Crippen molar-refractivity contribution in [1.29, 1.82) is 0 Å². The fourth-order valence-electron chi connectivity index (χ4n) is 2.20. The van der Waals surface area contributed by atoms with Crippen LogP contribution in [-0.4, -0.2) is 24.7 Å². The molecule has 26 heavy (non-hydrogen) atoms. The maximum absolute atomic E-state index is 12.2. The molecule has 0 aliphatic rings. The lowest BCUT2D eigenvalue weighted by Gasteiger charge is -2.13. The van der Waals surface area contributed by atoms with Gasteiger partial charge in [-0.3, -0.25) is 10.1 Å². The van der Waals surface area contributed by atoms with Crippen molar-refractivity contribution in [2.24, 2.45) is 0 Å². The summed E-state index contributed by atoms with van der Waals surface area (Å²) in [5.41, 5.74) is 1.32. The van der Waals surface area contributed by atoms with Crippen LogP contribution in [-0.2, 0) is 6.54 Å². The third-order valence-electron chi connectivity index (χ3n) is 3.49. The molecule has 7 heteroatoms. The van der Waals surface area contributed by atoms with E-state index < -0.39 is 0 Å². The van der Waals surface area contributed by atoms with Crippen LogP contribution >= 0.6 is 23.8 Å². The van der Waals surface area contributed by atoms with Crippen molar-refractivity contribution in [1.82, 2.24) is 10.6 Å². The molecular formula is C19H21ClN2O3S. The lowest BCUT2D eigenvalue weighted by Crippen LogP contribution is -2.38. The maximum atomic E-state index is 12.2. The van der Waals surface area contributed by atoms with Crippen LogP contribution < -0.4 is 20.1 Å². The largest absolute Gasteiger partial charge is 0.493 e. The van der Waals surface area contributed by atoms with Gasteiger partial charge in [-0.2, -0.15) is 0 Å². The second-order valence-corrected chi connectivity index (χ2v) is 6.27. The standard InChI is InChI=1S/C19H21ClN2O3S/c1-3-10-25-16-9-8-13(11-17(16)24-2)12-21-19(26)22-18(23)14-6-4-5-7-15(14)20/h4-9,11H,3,10,12H2,1-2H3,(H2,21,22,23,26). The number of hydrogen-bond donors (Lipinski definition) is 2. The van der Waals surface area contributed by atoms with Crippen molar-refractivity contribution in [3.05, 3.63) is 58.6 Å². The Morgan fingerprint density at radius 2 is 1.96 bits per heavy atom. The molecule has 0 saturated carbocycles. The normalized spacial score (nSPS) is 10.1. The molecule has 0 aliphatic heterocycles. The number of carbonyl (C=O) groups excluding carboxylic acids is 1. The third-order valence-corrected chi connectivity index (χ3v) is 4.06. The van der Waals surface area contributed by atoms with Crippen molar-refractivity contribution in [3.63, 3.8) is 0 Å². The molecular weight excluding hydrogens is 372 g/mol. The first-order chi connectivity index (χ1) is 12.5. The summed E-state index contributed by atoms with van der Waals surface area (Å²) in [7, 11) is 1.60. The summed E-state index contributed by atoms with van der Waals surface area (Å²) in [6, 6.07) is 12.4. The van der Waals surface area contributed by atoms with E-state index in [1.54, 1.807) is 31.4 Å². The molecule has 0 fully saturated rings. The molecule has 138 valence electrons. The zero-order valence-corrected chi connectivity index (χ0v) is 16.2. The van der Waals surface area contributed by atoms with Gasteiger partial charge in [0, 0.05) is 6.54 Å². The predicted octanol–water partition coefficient (Wildman–Crippen LogP) is 3.94. The van der Waals surface area contributed by atoms with E-state index in [4.69, 9.17) is 33.3 Å². The number of carbonyl (C=O) groups is 1. The average Bonchev–Trinajstić information content (AvgIpc) is 2.65. The third kappa shape index (κ3) is 5.61. The topological polar surface area (TPSA) is 59.6 Å². The van der Waals surface area contributed by atoms with E-state index in [1.165, 1.54) is 0 Å². The first-order valence-electron chi connectivity index (χ1n) is 8.18. The van der Waals surface area contributed by atoms with E-state index in [0.717, 1.165) is 12.0 Å². The highest BCUT2D eigenvalue weighted by molar-refractivity contribution is 7.80. The smallest absolute Gasteiger partial charge is 0.258 e. The monoisotopic (exact) mass is 392 g/mol. The van der Waals surface area contributed by atoms with Crippen molar-refractivity contribution < 1.29 is 14.3 Å². The fourth-order valence-corrected chi connectivity index (χ4v) is 2.58. The van der Waals surface area contributed by atoms with Crippen LogP contribution in [0, 0.1) is 0 Å². The zero-order chi connectivity index (χ0) is 18.9. The summed E-state index contributed by atoms with van der Waals surface area (Å²) < 4.78 is 11.0. The molecule has 0 unspecified atom stereocenters. The van der Waals surface area contributed by atoms with Crippen molar-refractivity contribution in [3.8, 4) is 11.5 Å². The Balaban J connectivity index is 1.92. The first-order valence-corrected chi connectivity index (χ1v) is 8.97. The molecule has 5 nitrogen and oxygen atoms in total. The molecule has 0 aliphatic carbocycles. The number of ether oxygens (including phenoxy) is 2. The molecule has 0 spiro atoms.